The Kier molecular flexibility index (Phi) is 7.78. The highest BCUT2D eigenvalue weighted by Crippen LogP contribution is 2.15. The fraction of sp³-hybridized carbons (Fsp3) is 0.588. The number of amides is 1. The first kappa shape index (κ1) is 16.5. The van der Waals surface area contributed by atoms with Crippen LogP contribution in [0.15, 0.2) is 24.3 Å². The number of hydrogen-bond donors (Lipinski definition) is 1. The molecule has 0 fully saturated rings. The first-order chi connectivity index (χ1) is 9.69. The Balaban J connectivity index is 2.41. The Morgan fingerprint density at radius 2 is 1.80 bits per heavy atom. The fourth-order valence-corrected chi connectivity index (χ4v) is 2.30. The van der Waals surface area contributed by atoms with Crippen LogP contribution < -0.4 is 5.73 Å². The number of hydrogen-bond acceptors (Lipinski definition) is 2. The topological polar surface area (TPSA) is 46.3 Å². The van der Waals surface area contributed by atoms with Gasteiger partial charge in [0.15, 0.2) is 0 Å². The van der Waals surface area contributed by atoms with Crippen LogP contribution in [0.4, 0.5) is 5.69 Å². The molecule has 1 aromatic carbocycles. The zero-order valence-corrected chi connectivity index (χ0v) is 12.9. The number of nitrogens with zero attached hydrogens (tertiary/aromatic N) is 1. The zero-order valence-electron chi connectivity index (χ0n) is 12.9. The average Bonchev–Trinajstić information content (AvgIpc) is 2.46. The molecule has 0 saturated heterocycles. The van der Waals surface area contributed by atoms with E-state index in [4.69, 9.17) is 5.73 Å². The molecule has 1 amide bonds. The van der Waals surface area contributed by atoms with Gasteiger partial charge in [0.2, 0.25) is 5.91 Å². The van der Waals surface area contributed by atoms with Gasteiger partial charge in [0, 0.05) is 25.2 Å². The minimum atomic E-state index is 0.243. The molecule has 112 valence electrons. The number of anilines is 1. The SMILES string of the molecule is CCCCCCCC(=O)N(CC)Cc1ccccc1N. The first-order valence-electron chi connectivity index (χ1n) is 7.80. The molecular formula is C17H28N2O. The second kappa shape index (κ2) is 9.40. The third-order valence-electron chi connectivity index (χ3n) is 3.64. The van der Waals surface area contributed by atoms with Crippen LogP contribution in [0.3, 0.4) is 0 Å². The molecule has 1 aromatic rings. The Labute approximate surface area is 123 Å². The molecule has 20 heavy (non-hydrogen) atoms. The van der Waals surface area contributed by atoms with Crippen molar-refractivity contribution in [3.8, 4) is 0 Å². The van der Waals surface area contributed by atoms with E-state index in [1.807, 2.05) is 36.1 Å². The van der Waals surface area contributed by atoms with E-state index in [0.29, 0.717) is 13.0 Å². The molecule has 0 unspecified atom stereocenters. The van der Waals surface area contributed by atoms with Crippen molar-refractivity contribution in [3.05, 3.63) is 29.8 Å². The number of carbonyl (C=O) groups excluding carboxylic acids is 1. The van der Waals surface area contributed by atoms with Gasteiger partial charge in [-0.3, -0.25) is 4.79 Å². The van der Waals surface area contributed by atoms with E-state index in [-0.39, 0.29) is 5.91 Å². The molecule has 0 atom stereocenters. The molecular weight excluding hydrogens is 248 g/mol. The van der Waals surface area contributed by atoms with Crippen molar-refractivity contribution < 1.29 is 4.79 Å². The largest absolute Gasteiger partial charge is 0.398 e. The van der Waals surface area contributed by atoms with Crippen LogP contribution in [0.5, 0.6) is 0 Å². The highest BCUT2D eigenvalue weighted by molar-refractivity contribution is 5.76. The van der Waals surface area contributed by atoms with Crippen LogP contribution in [0.1, 0.15) is 57.9 Å². The van der Waals surface area contributed by atoms with Crippen LogP contribution in [0, 0.1) is 0 Å². The summed E-state index contributed by atoms with van der Waals surface area (Å²) in [5.41, 5.74) is 7.74. The summed E-state index contributed by atoms with van der Waals surface area (Å²) in [5.74, 6) is 0.243. The summed E-state index contributed by atoms with van der Waals surface area (Å²) in [5, 5.41) is 0. The maximum Gasteiger partial charge on any atom is 0.222 e. The highest BCUT2D eigenvalue weighted by atomic mass is 16.2. The fourth-order valence-electron chi connectivity index (χ4n) is 2.30. The number of unbranched alkanes of at least 4 members (excludes halogenated alkanes) is 4. The summed E-state index contributed by atoms with van der Waals surface area (Å²) in [4.78, 5) is 14.1. The lowest BCUT2D eigenvalue weighted by Crippen LogP contribution is -2.30. The lowest BCUT2D eigenvalue weighted by Gasteiger charge is -2.22. The highest BCUT2D eigenvalue weighted by Gasteiger charge is 2.12. The van der Waals surface area contributed by atoms with Gasteiger partial charge in [0.05, 0.1) is 0 Å². The van der Waals surface area contributed by atoms with Crippen molar-refractivity contribution >= 4 is 11.6 Å². The van der Waals surface area contributed by atoms with Gasteiger partial charge in [-0.2, -0.15) is 0 Å². The molecule has 0 radical (unpaired) electrons. The molecule has 0 aliphatic rings. The van der Waals surface area contributed by atoms with Gasteiger partial charge in [-0.25, -0.2) is 0 Å². The third kappa shape index (κ3) is 5.64. The molecule has 0 spiro atoms. The van der Waals surface area contributed by atoms with E-state index in [9.17, 15) is 4.79 Å². The Bertz CT molecular complexity index is 404. The Morgan fingerprint density at radius 1 is 1.10 bits per heavy atom. The first-order valence-corrected chi connectivity index (χ1v) is 7.80. The van der Waals surface area contributed by atoms with Gasteiger partial charge < -0.3 is 10.6 Å². The molecule has 1 rings (SSSR count). The van der Waals surface area contributed by atoms with Gasteiger partial charge >= 0.3 is 0 Å². The van der Waals surface area contributed by atoms with Crippen molar-refractivity contribution in [2.24, 2.45) is 0 Å². The molecule has 0 saturated carbocycles. The summed E-state index contributed by atoms with van der Waals surface area (Å²) in [6.45, 7) is 5.58. The van der Waals surface area contributed by atoms with Crippen molar-refractivity contribution in [2.45, 2.75) is 58.9 Å². The van der Waals surface area contributed by atoms with Crippen LogP contribution in [-0.2, 0) is 11.3 Å². The summed E-state index contributed by atoms with van der Waals surface area (Å²) in [6.07, 6.45) is 6.56. The van der Waals surface area contributed by atoms with E-state index in [1.165, 1.54) is 19.3 Å². The summed E-state index contributed by atoms with van der Waals surface area (Å²) in [7, 11) is 0. The maximum absolute atomic E-state index is 12.2. The summed E-state index contributed by atoms with van der Waals surface area (Å²) < 4.78 is 0. The van der Waals surface area contributed by atoms with Crippen molar-refractivity contribution in [3.63, 3.8) is 0 Å². The number of carbonyl (C=O) groups is 1. The normalized spacial score (nSPS) is 10.5. The van der Waals surface area contributed by atoms with Gasteiger partial charge in [0.1, 0.15) is 0 Å². The number of rotatable bonds is 9. The van der Waals surface area contributed by atoms with E-state index in [2.05, 4.69) is 6.92 Å². The Hall–Kier alpha value is -1.51. The van der Waals surface area contributed by atoms with Crippen LogP contribution in [0.25, 0.3) is 0 Å². The second-order valence-corrected chi connectivity index (χ2v) is 5.27. The minimum Gasteiger partial charge on any atom is -0.398 e. The second-order valence-electron chi connectivity index (χ2n) is 5.27. The third-order valence-corrected chi connectivity index (χ3v) is 3.64. The van der Waals surface area contributed by atoms with Gasteiger partial charge in [-0.1, -0.05) is 50.8 Å². The van der Waals surface area contributed by atoms with E-state index in [0.717, 1.165) is 30.6 Å². The van der Waals surface area contributed by atoms with Crippen molar-refractivity contribution in [2.75, 3.05) is 12.3 Å². The van der Waals surface area contributed by atoms with Crippen molar-refractivity contribution in [1.82, 2.24) is 4.90 Å². The van der Waals surface area contributed by atoms with E-state index >= 15 is 0 Å². The molecule has 0 aliphatic heterocycles. The monoisotopic (exact) mass is 276 g/mol. The van der Waals surface area contributed by atoms with Gasteiger partial charge in [0.25, 0.3) is 0 Å². The number of benzene rings is 1. The van der Waals surface area contributed by atoms with E-state index in [1.54, 1.807) is 0 Å². The predicted octanol–water partition coefficient (Wildman–Crippen LogP) is 3.98. The van der Waals surface area contributed by atoms with Crippen LogP contribution in [0.2, 0.25) is 0 Å². The minimum absolute atomic E-state index is 0.243. The molecule has 3 heteroatoms. The lowest BCUT2D eigenvalue weighted by molar-refractivity contribution is -0.131. The smallest absolute Gasteiger partial charge is 0.222 e. The molecule has 0 heterocycles. The Morgan fingerprint density at radius 3 is 2.45 bits per heavy atom. The quantitative estimate of drug-likeness (QED) is 0.548. The molecule has 0 aliphatic carbocycles. The standard InChI is InChI=1S/C17H28N2O/c1-3-5-6-7-8-13-17(20)19(4-2)14-15-11-9-10-12-16(15)18/h9-12H,3-8,13-14,18H2,1-2H3. The molecule has 2 N–H and O–H groups in total. The molecule has 3 nitrogen and oxygen atoms in total. The number of nitrogens with two attached hydrogens (primary N) is 1. The molecule has 0 bridgehead atoms. The van der Waals surface area contributed by atoms with Gasteiger partial charge in [-0.15, -0.1) is 0 Å². The van der Waals surface area contributed by atoms with E-state index < -0.39 is 0 Å². The number of nitrogen functional groups attached to an aromatic ring is 1. The summed E-state index contributed by atoms with van der Waals surface area (Å²) in [6, 6.07) is 7.77. The summed E-state index contributed by atoms with van der Waals surface area (Å²) >= 11 is 0. The predicted molar refractivity (Wildman–Crippen MR) is 85.3 cm³/mol. The maximum atomic E-state index is 12.2. The van der Waals surface area contributed by atoms with Gasteiger partial charge in [-0.05, 0) is 25.0 Å². The zero-order chi connectivity index (χ0) is 14.8. The molecule has 0 aromatic heterocycles. The van der Waals surface area contributed by atoms with Crippen molar-refractivity contribution in [1.29, 1.82) is 0 Å². The lowest BCUT2D eigenvalue weighted by atomic mass is 10.1. The van der Waals surface area contributed by atoms with Crippen LogP contribution in [-0.4, -0.2) is 17.4 Å². The van der Waals surface area contributed by atoms with Crippen LogP contribution >= 0.6 is 0 Å². The number of para-hydroxylation sites is 1. The average molecular weight is 276 g/mol.